The molecule has 114 valence electrons. The first-order valence-corrected chi connectivity index (χ1v) is 7.69. The molecule has 0 radical (unpaired) electrons. The summed E-state index contributed by atoms with van der Waals surface area (Å²) in [6.45, 7) is 9.65. The van der Waals surface area contributed by atoms with Crippen LogP contribution in [0, 0.1) is 0 Å². The normalized spacial score (nSPS) is 16.4. The molecule has 0 spiro atoms. The molecular weight excluding hydrogens is 256 g/mol. The standard InChI is InChI=1S/C14H26N4O2/c1-3-19-14(20-4-2)13-12-18(16-15-13)11-7-10-17-8-5-6-9-17/h12,14H,3-11H2,1-2H3. The number of rotatable bonds is 9. The number of nitrogens with zero attached hydrogens (tertiary/aromatic N) is 4. The summed E-state index contributed by atoms with van der Waals surface area (Å²) in [4.78, 5) is 2.51. The van der Waals surface area contributed by atoms with Crippen LogP contribution in [0.5, 0.6) is 0 Å². The van der Waals surface area contributed by atoms with E-state index in [0.717, 1.165) is 25.2 Å². The Morgan fingerprint density at radius 2 is 1.85 bits per heavy atom. The largest absolute Gasteiger partial charge is 0.347 e. The maximum atomic E-state index is 5.52. The fourth-order valence-corrected chi connectivity index (χ4v) is 2.51. The van der Waals surface area contributed by atoms with Gasteiger partial charge in [0.05, 0.1) is 6.20 Å². The Morgan fingerprint density at radius 1 is 1.15 bits per heavy atom. The second-order valence-electron chi connectivity index (χ2n) is 5.05. The summed E-state index contributed by atoms with van der Waals surface area (Å²) >= 11 is 0. The summed E-state index contributed by atoms with van der Waals surface area (Å²) < 4.78 is 12.9. The van der Waals surface area contributed by atoms with Gasteiger partial charge in [-0.15, -0.1) is 5.10 Å². The van der Waals surface area contributed by atoms with E-state index in [0.29, 0.717) is 13.2 Å². The zero-order chi connectivity index (χ0) is 14.2. The molecule has 0 saturated carbocycles. The van der Waals surface area contributed by atoms with Crippen LogP contribution in [0.15, 0.2) is 6.20 Å². The van der Waals surface area contributed by atoms with Crippen LogP contribution in [-0.2, 0) is 16.0 Å². The second kappa shape index (κ2) is 8.34. The first kappa shape index (κ1) is 15.4. The van der Waals surface area contributed by atoms with Gasteiger partial charge in [0.15, 0.2) is 0 Å². The smallest absolute Gasteiger partial charge is 0.204 e. The van der Waals surface area contributed by atoms with Crippen molar-refractivity contribution in [2.45, 2.75) is 45.9 Å². The van der Waals surface area contributed by atoms with E-state index < -0.39 is 6.29 Å². The summed E-state index contributed by atoms with van der Waals surface area (Å²) in [5, 5.41) is 8.31. The summed E-state index contributed by atoms with van der Waals surface area (Å²) in [5.74, 6) is 0. The average molecular weight is 282 g/mol. The Hall–Kier alpha value is -0.980. The molecule has 2 rings (SSSR count). The van der Waals surface area contributed by atoms with Crippen molar-refractivity contribution in [2.24, 2.45) is 0 Å². The molecule has 0 aromatic carbocycles. The molecule has 0 bridgehead atoms. The number of hydrogen-bond acceptors (Lipinski definition) is 5. The average Bonchev–Trinajstić information content (AvgIpc) is 3.10. The molecule has 0 amide bonds. The third-order valence-electron chi connectivity index (χ3n) is 3.49. The van der Waals surface area contributed by atoms with Gasteiger partial charge in [0, 0.05) is 19.8 Å². The van der Waals surface area contributed by atoms with Crippen LogP contribution in [0.1, 0.15) is 45.1 Å². The first-order valence-electron chi connectivity index (χ1n) is 7.69. The van der Waals surface area contributed by atoms with Crippen molar-refractivity contribution in [3.05, 3.63) is 11.9 Å². The van der Waals surface area contributed by atoms with Crippen molar-refractivity contribution in [1.29, 1.82) is 0 Å². The van der Waals surface area contributed by atoms with Crippen molar-refractivity contribution in [3.63, 3.8) is 0 Å². The molecule has 0 atom stereocenters. The Bertz CT molecular complexity index is 371. The number of aryl methyl sites for hydroxylation is 1. The number of ether oxygens (including phenoxy) is 2. The van der Waals surface area contributed by atoms with Gasteiger partial charge in [-0.05, 0) is 52.7 Å². The van der Waals surface area contributed by atoms with Gasteiger partial charge in [0.1, 0.15) is 5.69 Å². The van der Waals surface area contributed by atoms with Crippen LogP contribution in [0.25, 0.3) is 0 Å². The lowest BCUT2D eigenvalue weighted by Gasteiger charge is -2.14. The second-order valence-corrected chi connectivity index (χ2v) is 5.05. The van der Waals surface area contributed by atoms with E-state index in [-0.39, 0.29) is 0 Å². The van der Waals surface area contributed by atoms with Gasteiger partial charge >= 0.3 is 0 Å². The Labute approximate surface area is 121 Å². The quantitative estimate of drug-likeness (QED) is 0.647. The highest BCUT2D eigenvalue weighted by Gasteiger charge is 2.16. The molecule has 20 heavy (non-hydrogen) atoms. The van der Waals surface area contributed by atoms with E-state index >= 15 is 0 Å². The third kappa shape index (κ3) is 4.54. The van der Waals surface area contributed by atoms with E-state index in [1.807, 2.05) is 24.7 Å². The van der Waals surface area contributed by atoms with E-state index in [4.69, 9.17) is 9.47 Å². The van der Waals surface area contributed by atoms with Gasteiger partial charge in [-0.3, -0.25) is 4.68 Å². The highest BCUT2D eigenvalue weighted by Crippen LogP contribution is 2.16. The molecular formula is C14H26N4O2. The van der Waals surface area contributed by atoms with Gasteiger partial charge in [-0.1, -0.05) is 5.21 Å². The van der Waals surface area contributed by atoms with Crippen LogP contribution < -0.4 is 0 Å². The topological polar surface area (TPSA) is 52.4 Å². The van der Waals surface area contributed by atoms with Crippen molar-refractivity contribution in [1.82, 2.24) is 19.9 Å². The Morgan fingerprint density at radius 3 is 2.50 bits per heavy atom. The maximum Gasteiger partial charge on any atom is 0.204 e. The minimum atomic E-state index is -0.391. The molecule has 6 heteroatoms. The van der Waals surface area contributed by atoms with Crippen LogP contribution in [-0.4, -0.2) is 52.7 Å². The van der Waals surface area contributed by atoms with Crippen LogP contribution in [0.3, 0.4) is 0 Å². The minimum absolute atomic E-state index is 0.391. The summed E-state index contributed by atoms with van der Waals surface area (Å²) in [5.41, 5.74) is 0.759. The van der Waals surface area contributed by atoms with Gasteiger partial charge < -0.3 is 14.4 Å². The fraction of sp³-hybridized carbons (Fsp3) is 0.857. The summed E-state index contributed by atoms with van der Waals surface area (Å²) in [6, 6.07) is 0. The molecule has 1 fully saturated rings. The molecule has 6 nitrogen and oxygen atoms in total. The summed E-state index contributed by atoms with van der Waals surface area (Å²) in [6.07, 6.45) is 5.34. The predicted molar refractivity (Wildman–Crippen MR) is 76.3 cm³/mol. The van der Waals surface area contributed by atoms with Crippen LogP contribution >= 0.6 is 0 Å². The first-order chi connectivity index (χ1) is 9.83. The lowest BCUT2D eigenvalue weighted by Crippen LogP contribution is -2.21. The SMILES string of the molecule is CCOC(OCC)c1cn(CCCN2CCCC2)nn1. The number of aromatic nitrogens is 3. The lowest BCUT2D eigenvalue weighted by molar-refractivity contribution is -0.142. The van der Waals surface area contributed by atoms with E-state index in [1.54, 1.807) is 0 Å². The highest BCUT2D eigenvalue weighted by molar-refractivity contribution is 4.94. The molecule has 0 aliphatic carbocycles. The van der Waals surface area contributed by atoms with Gasteiger partial charge in [0.25, 0.3) is 0 Å². The molecule has 1 aromatic heterocycles. The zero-order valence-corrected chi connectivity index (χ0v) is 12.6. The third-order valence-corrected chi connectivity index (χ3v) is 3.49. The predicted octanol–water partition coefficient (Wildman–Crippen LogP) is 1.84. The van der Waals surface area contributed by atoms with Crippen molar-refractivity contribution in [3.8, 4) is 0 Å². The number of likely N-dealkylation sites (tertiary alicyclic amines) is 1. The van der Waals surface area contributed by atoms with Crippen molar-refractivity contribution >= 4 is 0 Å². The van der Waals surface area contributed by atoms with Crippen molar-refractivity contribution < 1.29 is 9.47 Å². The Balaban J connectivity index is 1.77. The zero-order valence-electron chi connectivity index (χ0n) is 12.6. The monoisotopic (exact) mass is 282 g/mol. The molecule has 1 aliphatic rings. The summed E-state index contributed by atoms with van der Waals surface area (Å²) in [7, 11) is 0. The van der Waals surface area contributed by atoms with Crippen LogP contribution in [0.4, 0.5) is 0 Å². The Kier molecular flexibility index (Phi) is 6.42. The maximum absolute atomic E-state index is 5.52. The highest BCUT2D eigenvalue weighted by atomic mass is 16.7. The van der Waals surface area contributed by atoms with Gasteiger partial charge in [0.2, 0.25) is 6.29 Å². The molecule has 0 N–H and O–H groups in total. The molecule has 0 unspecified atom stereocenters. The van der Waals surface area contributed by atoms with E-state index in [1.165, 1.54) is 25.9 Å². The number of hydrogen-bond donors (Lipinski definition) is 0. The molecule has 1 aliphatic heterocycles. The molecule has 1 saturated heterocycles. The van der Waals surface area contributed by atoms with Crippen LogP contribution in [0.2, 0.25) is 0 Å². The molecule has 2 heterocycles. The van der Waals surface area contributed by atoms with E-state index in [2.05, 4.69) is 15.2 Å². The fourth-order valence-electron chi connectivity index (χ4n) is 2.51. The lowest BCUT2D eigenvalue weighted by atomic mass is 10.4. The van der Waals surface area contributed by atoms with Gasteiger partial charge in [-0.2, -0.15) is 0 Å². The van der Waals surface area contributed by atoms with E-state index in [9.17, 15) is 0 Å². The minimum Gasteiger partial charge on any atom is -0.347 e. The molecule has 1 aromatic rings. The van der Waals surface area contributed by atoms with Crippen molar-refractivity contribution in [2.75, 3.05) is 32.8 Å². The van der Waals surface area contributed by atoms with Gasteiger partial charge in [-0.25, -0.2) is 0 Å².